The number of nitrogens with zero attached hydrogens (tertiary/aromatic N) is 6. The number of halogens is 2. The van der Waals surface area contributed by atoms with Gasteiger partial charge in [0.2, 0.25) is 0 Å². The van der Waals surface area contributed by atoms with Crippen LogP contribution in [0.3, 0.4) is 0 Å². The van der Waals surface area contributed by atoms with Crippen molar-refractivity contribution in [3.05, 3.63) is 58.7 Å². The van der Waals surface area contributed by atoms with E-state index in [9.17, 15) is 0 Å². The van der Waals surface area contributed by atoms with Crippen LogP contribution in [-0.2, 0) is 51.7 Å². The summed E-state index contributed by atoms with van der Waals surface area (Å²) in [5.74, 6) is 0. The van der Waals surface area contributed by atoms with E-state index in [1.54, 1.807) is 0 Å². The Morgan fingerprint density at radius 3 is 1.00 bits per heavy atom. The average Bonchev–Trinajstić information content (AvgIpc) is 3.55. The molecule has 209 valence electrons. The summed E-state index contributed by atoms with van der Waals surface area (Å²) in [6, 6.07) is 6.87. The van der Waals surface area contributed by atoms with Gasteiger partial charge in [0.1, 0.15) is 0 Å². The third-order valence-corrected chi connectivity index (χ3v) is 6.11. The molecule has 0 aliphatic carbocycles. The molecule has 3 aromatic heterocycles. The van der Waals surface area contributed by atoms with Crippen molar-refractivity contribution in [1.82, 2.24) is 29.3 Å². The van der Waals surface area contributed by atoms with Crippen molar-refractivity contribution in [2.45, 2.75) is 119 Å². The van der Waals surface area contributed by atoms with Crippen LogP contribution in [0.5, 0.6) is 0 Å². The molecule has 0 aromatic carbocycles. The second kappa shape index (κ2) is 17.2. The van der Waals surface area contributed by atoms with Crippen LogP contribution in [0.1, 0.15) is 114 Å². The van der Waals surface area contributed by atoms with E-state index < -0.39 is 0 Å². The second-order valence-electron chi connectivity index (χ2n) is 9.47. The van der Waals surface area contributed by atoms with Crippen LogP contribution in [-0.4, -0.2) is 29.3 Å². The molecule has 0 radical (unpaired) electrons. The predicted molar refractivity (Wildman–Crippen MR) is 152 cm³/mol. The van der Waals surface area contributed by atoms with Gasteiger partial charge in [-0.3, -0.25) is 14.0 Å². The van der Waals surface area contributed by atoms with Crippen molar-refractivity contribution in [2.75, 3.05) is 0 Å². The molecule has 0 atom stereocenters. The van der Waals surface area contributed by atoms with Crippen LogP contribution in [0.15, 0.2) is 18.2 Å². The van der Waals surface area contributed by atoms with Crippen molar-refractivity contribution >= 4 is 20.2 Å². The molecular formula is C28H45Cl2MnN6-. The Labute approximate surface area is 239 Å². The van der Waals surface area contributed by atoms with Crippen LogP contribution in [0.2, 0.25) is 0 Å². The van der Waals surface area contributed by atoms with Gasteiger partial charge in [-0.15, -0.1) is 0 Å². The van der Waals surface area contributed by atoms with Gasteiger partial charge >= 0.3 is 33.3 Å². The first-order chi connectivity index (χ1) is 18.0. The van der Waals surface area contributed by atoms with E-state index in [1.165, 1.54) is 17.1 Å². The van der Waals surface area contributed by atoms with E-state index in [0.717, 1.165) is 100 Å². The van der Waals surface area contributed by atoms with Gasteiger partial charge < -0.3 is 0 Å². The summed E-state index contributed by atoms with van der Waals surface area (Å²) >= 11 is 0.00694. The van der Waals surface area contributed by atoms with Crippen molar-refractivity contribution in [3.63, 3.8) is 0 Å². The quantitative estimate of drug-likeness (QED) is 0.134. The molecule has 3 rings (SSSR count). The minimum atomic E-state index is 0.00694. The fraction of sp³-hybridized carbons (Fsp3) is 0.643. The first-order valence-corrected chi connectivity index (χ1v) is 17.2. The van der Waals surface area contributed by atoms with E-state index in [0.29, 0.717) is 0 Å². The van der Waals surface area contributed by atoms with Gasteiger partial charge in [-0.1, -0.05) is 98.3 Å². The normalized spacial score (nSPS) is 11.0. The third-order valence-electron chi connectivity index (χ3n) is 6.11. The molecule has 0 unspecified atom stereocenters. The number of hydrogen-bond donors (Lipinski definition) is 0. The van der Waals surface area contributed by atoms with E-state index in [-0.39, 0.29) is 13.1 Å². The minimum absolute atomic E-state index is 0.00694. The molecule has 3 heterocycles. The molecular weight excluding hydrogens is 546 g/mol. The van der Waals surface area contributed by atoms with Crippen LogP contribution >= 0.6 is 20.2 Å². The molecule has 0 aliphatic rings. The summed E-state index contributed by atoms with van der Waals surface area (Å²) in [5.41, 5.74) is 7.18. The fourth-order valence-electron chi connectivity index (χ4n) is 4.65. The van der Waals surface area contributed by atoms with Gasteiger partial charge in [0.25, 0.3) is 0 Å². The van der Waals surface area contributed by atoms with E-state index in [2.05, 4.69) is 73.8 Å². The SMILES string of the molecule is CCCc1cc(CCC)n([C-](n2nc(CCC)cc2CCC)n2nc(CCC)cc2CCC)n1.[Cl][Mn][Cl]. The Bertz CT molecular complexity index is 913. The predicted octanol–water partition coefficient (Wildman–Crippen LogP) is 7.76. The molecule has 37 heavy (non-hydrogen) atoms. The zero-order valence-corrected chi connectivity index (χ0v) is 26.2. The topological polar surface area (TPSA) is 53.5 Å². The van der Waals surface area contributed by atoms with Crippen LogP contribution in [0.25, 0.3) is 0 Å². The van der Waals surface area contributed by atoms with E-state index in [1.807, 2.05) is 0 Å². The molecule has 0 aliphatic heterocycles. The molecule has 0 saturated heterocycles. The van der Waals surface area contributed by atoms with Crippen molar-refractivity contribution in [2.24, 2.45) is 0 Å². The third kappa shape index (κ3) is 8.81. The van der Waals surface area contributed by atoms with Crippen molar-refractivity contribution in [3.8, 4) is 0 Å². The molecule has 0 bridgehead atoms. The number of aromatic nitrogens is 6. The van der Waals surface area contributed by atoms with Crippen LogP contribution in [0, 0.1) is 6.29 Å². The Hall–Kier alpha value is -1.40. The maximum atomic E-state index is 5.14. The van der Waals surface area contributed by atoms with Crippen LogP contribution in [0.4, 0.5) is 0 Å². The fourth-order valence-corrected chi connectivity index (χ4v) is 4.65. The molecule has 3 aromatic rings. The van der Waals surface area contributed by atoms with Gasteiger partial charge in [-0.05, 0) is 55.6 Å². The summed E-state index contributed by atoms with van der Waals surface area (Å²) < 4.78 is 6.45. The summed E-state index contributed by atoms with van der Waals surface area (Å²) in [5, 5.41) is 15.4. The molecule has 0 spiro atoms. The Morgan fingerprint density at radius 1 is 0.541 bits per heavy atom. The Morgan fingerprint density at radius 2 is 0.784 bits per heavy atom. The number of rotatable bonds is 15. The molecule has 0 fully saturated rings. The standard InChI is InChI=1S/C28H45N6.2ClH.Mn/c1-7-13-22-19-25(16-10-4)32(29-22)28(33-26(17-11-5)20-23(30-33)14-8-2)34-27(18-12-6)21-24(31-34)15-9-3;;;/h19-21H,7-18H2,1-6H3;2*1H;/q-1;;;+2/p-2. The summed E-state index contributed by atoms with van der Waals surface area (Å²) in [4.78, 5) is 0. The summed E-state index contributed by atoms with van der Waals surface area (Å²) in [6.07, 6.45) is 13.4. The molecule has 0 saturated carbocycles. The zero-order valence-electron chi connectivity index (χ0n) is 23.5. The molecule has 9 heteroatoms. The molecule has 6 nitrogen and oxygen atoms in total. The molecule has 0 N–H and O–H groups in total. The first kappa shape index (κ1) is 31.8. The summed E-state index contributed by atoms with van der Waals surface area (Å²) in [6.45, 7) is 13.4. The van der Waals surface area contributed by atoms with Gasteiger partial charge in [0.05, 0.1) is 17.1 Å². The second-order valence-corrected chi connectivity index (χ2v) is 11.4. The average molecular weight is 592 g/mol. The van der Waals surface area contributed by atoms with Gasteiger partial charge in [-0.25, -0.2) is 0 Å². The first-order valence-electron chi connectivity index (χ1n) is 14.0. The van der Waals surface area contributed by atoms with Gasteiger partial charge in [0.15, 0.2) is 6.29 Å². The summed E-state index contributed by atoms with van der Waals surface area (Å²) in [7, 11) is 9.59. The zero-order chi connectivity index (χ0) is 27.2. The monoisotopic (exact) mass is 590 g/mol. The Balaban J connectivity index is 0.00000153. The van der Waals surface area contributed by atoms with E-state index >= 15 is 0 Å². The molecule has 0 amide bonds. The Kier molecular flexibility index (Phi) is 14.8. The van der Waals surface area contributed by atoms with Gasteiger partial charge in [-0.2, -0.15) is 15.3 Å². The van der Waals surface area contributed by atoms with Crippen molar-refractivity contribution in [1.29, 1.82) is 0 Å². The van der Waals surface area contributed by atoms with Crippen molar-refractivity contribution < 1.29 is 13.1 Å². The van der Waals surface area contributed by atoms with Crippen LogP contribution < -0.4 is 0 Å². The maximum absolute atomic E-state index is 5.14. The van der Waals surface area contributed by atoms with Gasteiger partial charge in [0, 0.05) is 0 Å². The number of aryl methyl sites for hydroxylation is 6. The number of hydrogen-bond acceptors (Lipinski definition) is 3. The van der Waals surface area contributed by atoms with E-state index in [4.69, 9.17) is 35.5 Å².